The first-order valence-corrected chi connectivity index (χ1v) is 9.92. The summed E-state index contributed by atoms with van der Waals surface area (Å²) in [7, 11) is -3.31. The van der Waals surface area contributed by atoms with Gasteiger partial charge in [-0.05, 0) is 12.8 Å². The molecule has 0 amide bonds. The lowest BCUT2D eigenvalue weighted by molar-refractivity contribution is -0.139. The van der Waals surface area contributed by atoms with Crippen molar-refractivity contribution in [2.75, 3.05) is 5.75 Å². The largest absolute Gasteiger partial charge is 0.480 e. The van der Waals surface area contributed by atoms with E-state index >= 15 is 0 Å². The Morgan fingerprint density at radius 3 is 2.00 bits per heavy atom. The molecular weight excluding hydrogens is 290 g/mol. The van der Waals surface area contributed by atoms with Gasteiger partial charge in [-0.1, -0.05) is 51.4 Å². The standard InChI is InChI=1S/C15H27NO4S/c17-15(18)13-11-21(19,20)14-10-8-6-4-2-1-3-5-7-9-12(14)16-13/h12-14,16H,1-11H2,(H,17,18). The molecule has 0 aromatic carbocycles. The fraction of sp³-hybridized carbons (Fsp3) is 0.933. The Labute approximate surface area is 127 Å². The summed E-state index contributed by atoms with van der Waals surface area (Å²) < 4.78 is 24.9. The Balaban J connectivity index is 2.10. The molecular formula is C15H27NO4S. The fourth-order valence-electron chi connectivity index (χ4n) is 3.58. The van der Waals surface area contributed by atoms with E-state index in [1.54, 1.807) is 0 Å². The molecule has 0 radical (unpaired) electrons. The molecule has 2 fully saturated rings. The molecule has 1 saturated heterocycles. The molecule has 122 valence electrons. The molecule has 2 rings (SSSR count). The summed E-state index contributed by atoms with van der Waals surface area (Å²) in [5.74, 6) is -1.31. The van der Waals surface area contributed by atoms with Crippen molar-refractivity contribution in [1.82, 2.24) is 5.32 Å². The molecule has 3 unspecified atom stereocenters. The summed E-state index contributed by atoms with van der Waals surface area (Å²) in [5.41, 5.74) is 0. The second-order valence-corrected chi connectivity index (χ2v) is 8.70. The summed E-state index contributed by atoms with van der Waals surface area (Å²) in [6.07, 6.45) is 10.5. The third-order valence-corrected chi connectivity index (χ3v) is 7.06. The van der Waals surface area contributed by atoms with Gasteiger partial charge in [0.2, 0.25) is 0 Å². The monoisotopic (exact) mass is 317 g/mol. The van der Waals surface area contributed by atoms with Crippen LogP contribution in [0.25, 0.3) is 0 Å². The second-order valence-electron chi connectivity index (χ2n) is 6.44. The zero-order chi connectivity index (χ0) is 15.3. The van der Waals surface area contributed by atoms with Crippen LogP contribution in [-0.2, 0) is 14.6 Å². The van der Waals surface area contributed by atoms with Gasteiger partial charge in [-0.2, -0.15) is 0 Å². The normalized spacial score (nSPS) is 35.0. The molecule has 0 aromatic heterocycles. The minimum atomic E-state index is -3.31. The number of hydrogen-bond acceptors (Lipinski definition) is 4. The van der Waals surface area contributed by atoms with Crippen LogP contribution in [0.15, 0.2) is 0 Å². The lowest BCUT2D eigenvalue weighted by Gasteiger charge is -2.36. The third kappa shape index (κ3) is 4.68. The average molecular weight is 317 g/mol. The smallest absolute Gasteiger partial charge is 0.321 e. The van der Waals surface area contributed by atoms with Crippen LogP contribution in [0.2, 0.25) is 0 Å². The summed E-state index contributed by atoms with van der Waals surface area (Å²) >= 11 is 0. The van der Waals surface area contributed by atoms with Gasteiger partial charge in [0.1, 0.15) is 6.04 Å². The first kappa shape index (κ1) is 16.7. The van der Waals surface area contributed by atoms with Crippen molar-refractivity contribution in [2.24, 2.45) is 0 Å². The van der Waals surface area contributed by atoms with Gasteiger partial charge in [-0.3, -0.25) is 10.1 Å². The minimum Gasteiger partial charge on any atom is -0.480 e. The van der Waals surface area contributed by atoms with Gasteiger partial charge in [0.25, 0.3) is 0 Å². The molecule has 2 N–H and O–H groups in total. The summed E-state index contributed by atoms with van der Waals surface area (Å²) in [6, 6.07) is -1.13. The number of fused-ring (bicyclic) bond motifs is 1. The Morgan fingerprint density at radius 1 is 0.905 bits per heavy atom. The van der Waals surface area contributed by atoms with Crippen molar-refractivity contribution >= 4 is 15.8 Å². The number of hydrogen-bond donors (Lipinski definition) is 2. The highest BCUT2D eigenvalue weighted by molar-refractivity contribution is 7.92. The topological polar surface area (TPSA) is 83.5 Å². The van der Waals surface area contributed by atoms with Crippen molar-refractivity contribution in [2.45, 2.75) is 81.5 Å². The third-order valence-electron chi connectivity index (χ3n) is 4.78. The van der Waals surface area contributed by atoms with Gasteiger partial charge >= 0.3 is 5.97 Å². The van der Waals surface area contributed by atoms with Gasteiger partial charge in [0, 0.05) is 6.04 Å². The van der Waals surface area contributed by atoms with Crippen molar-refractivity contribution in [3.05, 3.63) is 0 Å². The molecule has 0 aromatic rings. The van der Waals surface area contributed by atoms with Crippen LogP contribution in [0.4, 0.5) is 0 Å². The number of nitrogens with one attached hydrogen (secondary N) is 1. The number of rotatable bonds is 1. The van der Waals surface area contributed by atoms with Crippen LogP contribution in [-0.4, -0.2) is 42.6 Å². The minimum absolute atomic E-state index is 0.190. The molecule has 2 aliphatic rings. The molecule has 0 spiro atoms. The molecule has 3 atom stereocenters. The molecule has 1 aliphatic carbocycles. The van der Waals surface area contributed by atoms with E-state index in [2.05, 4.69) is 5.32 Å². The highest BCUT2D eigenvalue weighted by atomic mass is 32.2. The van der Waals surface area contributed by atoms with E-state index in [0.29, 0.717) is 6.42 Å². The Morgan fingerprint density at radius 2 is 1.43 bits per heavy atom. The highest BCUT2D eigenvalue weighted by Crippen LogP contribution is 2.26. The van der Waals surface area contributed by atoms with E-state index in [1.165, 1.54) is 25.7 Å². The van der Waals surface area contributed by atoms with Crippen LogP contribution >= 0.6 is 0 Å². The van der Waals surface area contributed by atoms with Crippen LogP contribution in [0, 0.1) is 0 Å². The number of carbonyl (C=O) groups is 1. The zero-order valence-electron chi connectivity index (χ0n) is 12.6. The van der Waals surface area contributed by atoms with Gasteiger partial charge in [-0.15, -0.1) is 0 Å². The fourth-order valence-corrected chi connectivity index (χ4v) is 5.77. The molecule has 6 heteroatoms. The number of sulfone groups is 1. The summed E-state index contributed by atoms with van der Waals surface area (Å²) in [5, 5.41) is 11.8. The molecule has 5 nitrogen and oxygen atoms in total. The van der Waals surface area contributed by atoms with Gasteiger partial charge in [-0.25, -0.2) is 8.42 Å². The van der Waals surface area contributed by atoms with Crippen LogP contribution < -0.4 is 5.32 Å². The molecule has 1 aliphatic heterocycles. The van der Waals surface area contributed by atoms with Gasteiger partial charge in [0.05, 0.1) is 11.0 Å². The molecule has 0 bridgehead atoms. The number of carboxylic acids is 1. The van der Waals surface area contributed by atoms with Gasteiger partial charge < -0.3 is 5.11 Å². The van der Waals surface area contributed by atoms with Crippen molar-refractivity contribution < 1.29 is 18.3 Å². The highest BCUT2D eigenvalue weighted by Gasteiger charge is 2.42. The first-order chi connectivity index (χ1) is 10.0. The predicted molar refractivity (Wildman–Crippen MR) is 82.1 cm³/mol. The van der Waals surface area contributed by atoms with Gasteiger partial charge in [0.15, 0.2) is 9.84 Å². The maximum Gasteiger partial charge on any atom is 0.321 e. The quantitative estimate of drug-likeness (QED) is 0.774. The van der Waals surface area contributed by atoms with Crippen molar-refractivity contribution in [1.29, 1.82) is 0 Å². The van der Waals surface area contributed by atoms with Crippen LogP contribution in [0.5, 0.6) is 0 Å². The van der Waals surface area contributed by atoms with Crippen LogP contribution in [0.3, 0.4) is 0 Å². The van der Waals surface area contributed by atoms with E-state index in [4.69, 9.17) is 5.11 Å². The lowest BCUT2D eigenvalue weighted by Crippen LogP contribution is -2.59. The summed E-state index contributed by atoms with van der Waals surface area (Å²) in [4.78, 5) is 11.2. The van der Waals surface area contributed by atoms with Crippen LogP contribution in [0.1, 0.15) is 64.2 Å². The van der Waals surface area contributed by atoms with E-state index in [9.17, 15) is 13.2 Å². The molecule has 21 heavy (non-hydrogen) atoms. The first-order valence-electron chi connectivity index (χ1n) is 8.21. The zero-order valence-corrected chi connectivity index (χ0v) is 13.4. The lowest BCUT2D eigenvalue weighted by atomic mass is 9.96. The Hall–Kier alpha value is -0.620. The summed E-state index contributed by atoms with van der Waals surface area (Å²) in [6.45, 7) is 0. The average Bonchev–Trinajstić information content (AvgIpc) is 2.39. The van der Waals surface area contributed by atoms with E-state index in [-0.39, 0.29) is 11.8 Å². The Bertz CT molecular complexity index is 449. The predicted octanol–water partition coefficient (Wildman–Crippen LogP) is 2.11. The maximum atomic E-state index is 12.4. The molecule has 1 heterocycles. The number of aliphatic carboxylic acids is 1. The number of carboxylic acid groups (broad SMARTS) is 1. The van der Waals surface area contributed by atoms with Crippen molar-refractivity contribution in [3.63, 3.8) is 0 Å². The second kappa shape index (κ2) is 7.58. The maximum absolute atomic E-state index is 12.4. The van der Waals surface area contributed by atoms with E-state index in [1.807, 2.05) is 0 Å². The van der Waals surface area contributed by atoms with Crippen molar-refractivity contribution in [3.8, 4) is 0 Å². The molecule has 1 saturated carbocycles. The SMILES string of the molecule is O=C(O)C1CS(=O)(=O)C2CCCCCCCCCCC2N1. The Kier molecular flexibility index (Phi) is 6.05. The van der Waals surface area contributed by atoms with E-state index in [0.717, 1.165) is 32.1 Å². The van der Waals surface area contributed by atoms with E-state index < -0.39 is 27.1 Å².